The summed E-state index contributed by atoms with van der Waals surface area (Å²) in [6.45, 7) is 9.80. The minimum absolute atomic E-state index is 0.507. The molecule has 1 N–H and O–H groups in total. The topological polar surface area (TPSA) is 21.3 Å². The summed E-state index contributed by atoms with van der Waals surface area (Å²) in [5.74, 6) is 1.84. The average Bonchev–Trinajstić information content (AvgIpc) is 2.43. The van der Waals surface area contributed by atoms with Crippen molar-refractivity contribution in [3.8, 4) is 11.5 Å². The van der Waals surface area contributed by atoms with Crippen LogP contribution in [0.2, 0.25) is 27.3 Å². The van der Waals surface area contributed by atoms with Gasteiger partial charge in [-0.2, -0.15) is 0 Å². The SMILES string of the molecule is CB(C)c1ccc2c(c1)Oc1cc(B(C)C)ccc1N2. The van der Waals surface area contributed by atoms with Crippen LogP contribution >= 0.6 is 0 Å². The summed E-state index contributed by atoms with van der Waals surface area (Å²) in [5.41, 5.74) is 4.68. The highest BCUT2D eigenvalue weighted by Gasteiger charge is 2.18. The second-order valence-electron chi connectivity index (χ2n) is 6.05. The third-order valence-electron chi connectivity index (χ3n) is 3.83. The van der Waals surface area contributed by atoms with Crippen molar-refractivity contribution in [3.63, 3.8) is 0 Å². The lowest BCUT2D eigenvalue weighted by Crippen LogP contribution is -2.24. The van der Waals surface area contributed by atoms with Crippen LogP contribution in [0.3, 0.4) is 0 Å². The number of hydrogen-bond acceptors (Lipinski definition) is 2. The van der Waals surface area contributed by atoms with E-state index in [1.54, 1.807) is 0 Å². The molecule has 2 aromatic rings. The fourth-order valence-electron chi connectivity index (χ4n) is 2.44. The first-order valence-electron chi connectivity index (χ1n) is 7.27. The van der Waals surface area contributed by atoms with Gasteiger partial charge in [-0.3, -0.25) is 0 Å². The Morgan fingerprint density at radius 3 is 1.60 bits per heavy atom. The Morgan fingerprint density at radius 1 is 0.750 bits per heavy atom. The molecule has 0 unspecified atom stereocenters. The van der Waals surface area contributed by atoms with Crippen molar-refractivity contribution in [1.82, 2.24) is 0 Å². The van der Waals surface area contributed by atoms with E-state index in [4.69, 9.17) is 4.74 Å². The first-order chi connectivity index (χ1) is 9.54. The molecule has 0 saturated carbocycles. The molecule has 0 atom stereocenters. The second kappa shape index (κ2) is 4.93. The highest BCUT2D eigenvalue weighted by molar-refractivity contribution is 6.71. The molecule has 0 amide bonds. The van der Waals surface area contributed by atoms with E-state index in [1.165, 1.54) is 10.9 Å². The van der Waals surface area contributed by atoms with Crippen molar-refractivity contribution in [2.24, 2.45) is 0 Å². The van der Waals surface area contributed by atoms with Gasteiger partial charge in [-0.15, -0.1) is 0 Å². The summed E-state index contributed by atoms with van der Waals surface area (Å²) in [5, 5.41) is 3.45. The number of rotatable bonds is 2. The van der Waals surface area contributed by atoms with Gasteiger partial charge in [0, 0.05) is 0 Å². The number of fused-ring (bicyclic) bond motifs is 2. The Balaban J connectivity index is 1.99. The lowest BCUT2D eigenvalue weighted by atomic mass is 9.49. The van der Waals surface area contributed by atoms with Crippen LogP contribution in [-0.4, -0.2) is 13.4 Å². The van der Waals surface area contributed by atoms with Gasteiger partial charge >= 0.3 is 0 Å². The van der Waals surface area contributed by atoms with Crippen LogP contribution in [0.25, 0.3) is 0 Å². The second-order valence-corrected chi connectivity index (χ2v) is 6.05. The van der Waals surface area contributed by atoms with Crippen LogP contribution in [0.15, 0.2) is 36.4 Å². The number of ether oxygens (including phenoxy) is 1. The first kappa shape index (κ1) is 13.2. The lowest BCUT2D eigenvalue weighted by Gasteiger charge is -2.23. The molecule has 1 aliphatic heterocycles. The molecule has 20 heavy (non-hydrogen) atoms. The van der Waals surface area contributed by atoms with Gasteiger partial charge in [-0.05, 0) is 24.3 Å². The maximum Gasteiger partial charge on any atom is 0.169 e. The van der Waals surface area contributed by atoms with E-state index >= 15 is 0 Å². The Bertz CT molecular complexity index is 597. The van der Waals surface area contributed by atoms with E-state index in [1.807, 2.05) is 0 Å². The molecule has 2 nitrogen and oxygen atoms in total. The molecule has 100 valence electrons. The highest BCUT2D eigenvalue weighted by atomic mass is 16.5. The summed E-state index contributed by atoms with van der Waals surface area (Å²) >= 11 is 0. The minimum atomic E-state index is 0.507. The quantitative estimate of drug-likeness (QED) is 0.715. The van der Waals surface area contributed by atoms with Crippen molar-refractivity contribution in [1.29, 1.82) is 0 Å². The molecule has 3 rings (SSSR count). The molecular weight excluding hydrogens is 244 g/mol. The zero-order valence-electron chi connectivity index (χ0n) is 12.5. The molecule has 1 aliphatic rings. The van der Waals surface area contributed by atoms with Gasteiger partial charge < -0.3 is 10.1 Å². The summed E-state index contributed by atoms with van der Waals surface area (Å²) in [4.78, 5) is 0. The molecule has 0 bridgehead atoms. The number of nitrogens with one attached hydrogen (secondary N) is 1. The van der Waals surface area contributed by atoms with Crippen LogP contribution < -0.4 is 21.0 Å². The smallest absolute Gasteiger partial charge is 0.169 e. The fourth-order valence-corrected chi connectivity index (χ4v) is 2.44. The van der Waals surface area contributed by atoms with E-state index in [0.717, 1.165) is 22.9 Å². The molecule has 0 aromatic heterocycles. The van der Waals surface area contributed by atoms with Crippen molar-refractivity contribution < 1.29 is 4.74 Å². The van der Waals surface area contributed by atoms with Crippen LogP contribution in [0.4, 0.5) is 11.4 Å². The average molecular weight is 263 g/mol. The molecule has 0 spiro atoms. The van der Waals surface area contributed by atoms with Gasteiger partial charge in [-0.25, -0.2) is 0 Å². The Labute approximate surface area is 121 Å². The first-order valence-corrected chi connectivity index (χ1v) is 7.27. The summed E-state index contributed by atoms with van der Waals surface area (Å²) in [7, 11) is 0. The molecule has 4 heteroatoms. The fraction of sp³-hybridized carbons (Fsp3) is 0.250. The zero-order chi connectivity index (χ0) is 14.3. The third kappa shape index (κ3) is 2.31. The van der Waals surface area contributed by atoms with Gasteiger partial charge in [0.05, 0.1) is 11.4 Å². The Morgan fingerprint density at radius 2 is 1.20 bits per heavy atom. The van der Waals surface area contributed by atoms with Crippen molar-refractivity contribution in [3.05, 3.63) is 36.4 Å². The van der Waals surface area contributed by atoms with Crippen molar-refractivity contribution in [2.45, 2.75) is 27.3 Å². The van der Waals surface area contributed by atoms with Crippen LogP contribution in [0.1, 0.15) is 0 Å². The predicted octanol–water partition coefficient (Wildman–Crippen LogP) is 3.46. The third-order valence-corrected chi connectivity index (χ3v) is 3.83. The molecule has 0 fully saturated rings. The molecule has 1 heterocycles. The van der Waals surface area contributed by atoms with Gasteiger partial charge in [0.15, 0.2) is 13.4 Å². The van der Waals surface area contributed by atoms with Crippen molar-refractivity contribution in [2.75, 3.05) is 5.32 Å². The van der Waals surface area contributed by atoms with E-state index in [0.29, 0.717) is 13.4 Å². The van der Waals surface area contributed by atoms with Gasteiger partial charge in [0.1, 0.15) is 11.5 Å². The van der Waals surface area contributed by atoms with Crippen LogP contribution in [0.5, 0.6) is 11.5 Å². The van der Waals surface area contributed by atoms with Gasteiger partial charge in [-0.1, -0.05) is 50.4 Å². The van der Waals surface area contributed by atoms with E-state index < -0.39 is 0 Å². The molecule has 0 saturated heterocycles. The van der Waals surface area contributed by atoms with Crippen LogP contribution in [0, 0.1) is 0 Å². The van der Waals surface area contributed by atoms with E-state index in [-0.39, 0.29) is 0 Å². The van der Waals surface area contributed by atoms with Gasteiger partial charge in [0.25, 0.3) is 0 Å². The van der Waals surface area contributed by atoms with Crippen molar-refractivity contribution >= 4 is 35.7 Å². The van der Waals surface area contributed by atoms with Gasteiger partial charge in [0.2, 0.25) is 0 Å². The normalized spacial score (nSPS) is 11.8. The highest BCUT2D eigenvalue weighted by Crippen LogP contribution is 2.40. The largest absolute Gasteiger partial charge is 0.453 e. The lowest BCUT2D eigenvalue weighted by molar-refractivity contribution is 0.482. The summed E-state index contributed by atoms with van der Waals surface area (Å²) < 4.78 is 6.10. The number of hydrogen-bond donors (Lipinski definition) is 1. The summed E-state index contributed by atoms with van der Waals surface area (Å²) in [6.07, 6.45) is 0. The zero-order valence-corrected chi connectivity index (χ0v) is 12.5. The Hall–Kier alpha value is -1.83. The van der Waals surface area contributed by atoms with E-state index in [9.17, 15) is 0 Å². The Kier molecular flexibility index (Phi) is 3.25. The standard InChI is InChI=1S/C16H19B2NO/c1-17(2)11-5-7-13-15(9-11)20-16-10-12(18(3)4)6-8-14(16)19-13/h5-10,19H,1-4H3. The monoisotopic (exact) mass is 263 g/mol. The van der Waals surface area contributed by atoms with Crippen LogP contribution in [-0.2, 0) is 0 Å². The maximum absolute atomic E-state index is 6.10. The number of benzene rings is 2. The minimum Gasteiger partial charge on any atom is -0.453 e. The summed E-state index contributed by atoms with van der Waals surface area (Å²) in [6, 6.07) is 12.8. The predicted molar refractivity (Wildman–Crippen MR) is 90.5 cm³/mol. The molecule has 0 radical (unpaired) electrons. The molecule has 2 aromatic carbocycles. The number of anilines is 2. The molecular formula is C16H19B2NO. The molecule has 0 aliphatic carbocycles. The van der Waals surface area contributed by atoms with E-state index in [2.05, 4.69) is 69.0 Å². The maximum atomic E-state index is 6.10.